The molecule has 0 amide bonds. The molecule has 0 N–H and O–H groups in total. The zero-order valence-electron chi connectivity index (χ0n) is 7.95. The minimum Gasteiger partial charge on any atom is -0.463 e. The first-order valence-corrected chi connectivity index (χ1v) is 4.45. The third-order valence-electron chi connectivity index (χ3n) is 1.71. The Balaban J connectivity index is 1.96. The van der Waals surface area contributed by atoms with Crippen molar-refractivity contribution in [1.82, 2.24) is 4.98 Å². The van der Waals surface area contributed by atoms with Gasteiger partial charge in [-0.25, -0.2) is 0 Å². The first-order valence-electron chi connectivity index (χ1n) is 4.45. The summed E-state index contributed by atoms with van der Waals surface area (Å²) in [5, 5.41) is 7.71. The van der Waals surface area contributed by atoms with E-state index >= 15 is 0 Å². The minimum atomic E-state index is 0.682. The zero-order valence-corrected chi connectivity index (χ0v) is 7.95. The van der Waals surface area contributed by atoms with E-state index in [0.29, 0.717) is 5.76 Å². The van der Waals surface area contributed by atoms with Crippen LogP contribution >= 0.6 is 0 Å². The Kier molecular flexibility index (Phi) is 3.02. The van der Waals surface area contributed by atoms with Gasteiger partial charge in [0.1, 0.15) is 5.76 Å². The second-order valence-electron chi connectivity index (χ2n) is 2.79. The highest BCUT2D eigenvalue weighted by atomic mass is 16.3. The molecule has 4 heteroatoms. The lowest BCUT2D eigenvalue weighted by Gasteiger charge is -1.86. The fourth-order valence-electron chi connectivity index (χ4n) is 1.00. The van der Waals surface area contributed by atoms with Gasteiger partial charge in [-0.15, -0.1) is 0 Å². The number of hydrogen-bond acceptors (Lipinski definition) is 4. The molecule has 0 aliphatic rings. The molecule has 0 atom stereocenters. The molecule has 2 rings (SSSR count). The highest BCUT2D eigenvalue weighted by molar-refractivity contribution is 5.80. The molecule has 0 saturated carbocycles. The van der Waals surface area contributed by atoms with Gasteiger partial charge in [-0.05, 0) is 29.8 Å². The van der Waals surface area contributed by atoms with Gasteiger partial charge in [0, 0.05) is 12.4 Å². The fourth-order valence-corrected chi connectivity index (χ4v) is 1.00. The van der Waals surface area contributed by atoms with Crippen LogP contribution in [-0.4, -0.2) is 17.4 Å². The molecule has 0 fully saturated rings. The standard InChI is InChI=1S/C11H9N3O/c1-2-11(15-7-1)9-14-13-8-10-3-5-12-6-4-10/h1-9H. The number of rotatable bonds is 3. The summed E-state index contributed by atoms with van der Waals surface area (Å²) < 4.78 is 5.05. The third-order valence-corrected chi connectivity index (χ3v) is 1.71. The van der Waals surface area contributed by atoms with Crippen LogP contribution in [0.2, 0.25) is 0 Å². The Hall–Kier alpha value is -2.23. The van der Waals surface area contributed by atoms with Crippen LogP contribution < -0.4 is 0 Å². The highest BCUT2D eigenvalue weighted by Crippen LogP contribution is 1.95. The third kappa shape index (κ3) is 2.87. The molecule has 0 aromatic carbocycles. The number of aromatic nitrogens is 1. The van der Waals surface area contributed by atoms with E-state index in [9.17, 15) is 0 Å². The van der Waals surface area contributed by atoms with Gasteiger partial charge < -0.3 is 4.42 Å². The topological polar surface area (TPSA) is 50.8 Å². The summed E-state index contributed by atoms with van der Waals surface area (Å²) in [6.07, 6.45) is 8.21. The first kappa shape index (κ1) is 9.33. The molecule has 2 aromatic heterocycles. The molecule has 0 aliphatic carbocycles. The molecule has 74 valence electrons. The summed E-state index contributed by atoms with van der Waals surface area (Å²) in [5.41, 5.74) is 0.960. The van der Waals surface area contributed by atoms with Crippen molar-refractivity contribution in [3.05, 3.63) is 54.2 Å². The number of nitrogens with zero attached hydrogens (tertiary/aromatic N) is 3. The fraction of sp³-hybridized carbons (Fsp3) is 0. The quantitative estimate of drug-likeness (QED) is 0.561. The Bertz CT molecular complexity index is 446. The molecule has 0 saturated heterocycles. The van der Waals surface area contributed by atoms with E-state index in [-0.39, 0.29) is 0 Å². The number of hydrogen-bond donors (Lipinski definition) is 0. The van der Waals surface area contributed by atoms with Crippen molar-refractivity contribution in [3.63, 3.8) is 0 Å². The van der Waals surface area contributed by atoms with Crippen molar-refractivity contribution in [1.29, 1.82) is 0 Å². The molecule has 2 aromatic rings. The molecule has 2 heterocycles. The van der Waals surface area contributed by atoms with Crippen LogP contribution in [0.1, 0.15) is 11.3 Å². The Morgan fingerprint density at radius 3 is 2.60 bits per heavy atom. The van der Waals surface area contributed by atoms with E-state index < -0.39 is 0 Å². The van der Waals surface area contributed by atoms with Crippen molar-refractivity contribution < 1.29 is 4.42 Å². The Morgan fingerprint density at radius 1 is 1.07 bits per heavy atom. The van der Waals surface area contributed by atoms with Crippen molar-refractivity contribution in [2.75, 3.05) is 0 Å². The lowest BCUT2D eigenvalue weighted by atomic mass is 10.3. The van der Waals surface area contributed by atoms with Crippen molar-refractivity contribution in [2.45, 2.75) is 0 Å². The monoisotopic (exact) mass is 199 g/mol. The highest BCUT2D eigenvalue weighted by Gasteiger charge is 1.86. The van der Waals surface area contributed by atoms with E-state index in [2.05, 4.69) is 15.2 Å². The second-order valence-corrected chi connectivity index (χ2v) is 2.79. The summed E-state index contributed by atoms with van der Waals surface area (Å²) >= 11 is 0. The second kappa shape index (κ2) is 4.85. The van der Waals surface area contributed by atoms with Crippen molar-refractivity contribution >= 4 is 12.4 Å². The molecule has 15 heavy (non-hydrogen) atoms. The van der Waals surface area contributed by atoms with Gasteiger partial charge in [0.25, 0.3) is 0 Å². The molecule has 0 aliphatic heterocycles. The Labute approximate surface area is 87.0 Å². The van der Waals surface area contributed by atoms with E-state index in [1.54, 1.807) is 37.2 Å². The van der Waals surface area contributed by atoms with Crippen molar-refractivity contribution in [3.8, 4) is 0 Å². The van der Waals surface area contributed by atoms with E-state index in [1.165, 1.54) is 0 Å². The molecule has 4 nitrogen and oxygen atoms in total. The smallest absolute Gasteiger partial charge is 0.146 e. The van der Waals surface area contributed by atoms with Crippen LogP contribution in [0.3, 0.4) is 0 Å². The average Bonchev–Trinajstić information content (AvgIpc) is 2.79. The van der Waals surface area contributed by atoms with E-state index in [4.69, 9.17) is 4.42 Å². The van der Waals surface area contributed by atoms with Gasteiger partial charge in [-0.3, -0.25) is 4.98 Å². The number of pyridine rings is 1. The van der Waals surface area contributed by atoms with Gasteiger partial charge in [0.05, 0.1) is 18.7 Å². The summed E-state index contributed by atoms with van der Waals surface area (Å²) in [5.74, 6) is 0.682. The maximum Gasteiger partial charge on any atom is 0.146 e. The molecule has 0 bridgehead atoms. The SMILES string of the molecule is C(=NN=Cc1ccco1)c1ccncc1. The maximum absolute atomic E-state index is 5.05. The van der Waals surface area contributed by atoms with E-state index in [1.807, 2.05) is 18.2 Å². The van der Waals surface area contributed by atoms with Gasteiger partial charge in [-0.2, -0.15) is 10.2 Å². The van der Waals surface area contributed by atoms with Gasteiger partial charge in [0.15, 0.2) is 0 Å². The maximum atomic E-state index is 5.05. The molecule has 0 unspecified atom stereocenters. The molecule has 0 spiro atoms. The molecular formula is C11H9N3O. The van der Waals surface area contributed by atoms with Crippen LogP contribution in [-0.2, 0) is 0 Å². The van der Waals surface area contributed by atoms with Crippen LogP contribution in [0.4, 0.5) is 0 Å². The van der Waals surface area contributed by atoms with Crippen molar-refractivity contribution in [2.24, 2.45) is 10.2 Å². The number of furan rings is 1. The summed E-state index contributed by atoms with van der Waals surface area (Å²) in [6, 6.07) is 7.32. The van der Waals surface area contributed by atoms with E-state index in [0.717, 1.165) is 5.56 Å². The molecular weight excluding hydrogens is 190 g/mol. The summed E-state index contributed by atoms with van der Waals surface area (Å²) in [6.45, 7) is 0. The van der Waals surface area contributed by atoms with Gasteiger partial charge in [-0.1, -0.05) is 0 Å². The van der Waals surface area contributed by atoms with Crippen LogP contribution in [0.15, 0.2) is 57.5 Å². The predicted octanol–water partition coefficient (Wildman–Crippen LogP) is 2.13. The van der Waals surface area contributed by atoms with Gasteiger partial charge >= 0.3 is 0 Å². The first-order chi connectivity index (χ1) is 7.45. The lowest BCUT2D eigenvalue weighted by molar-refractivity contribution is 0.560. The summed E-state index contributed by atoms with van der Waals surface area (Å²) in [4.78, 5) is 3.90. The molecule has 0 radical (unpaired) electrons. The summed E-state index contributed by atoms with van der Waals surface area (Å²) in [7, 11) is 0. The van der Waals surface area contributed by atoms with Crippen LogP contribution in [0.5, 0.6) is 0 Å². The Morgan fingerprint density at radius 2 is 1.87 bits per heavy atom. The predicted molar refractivity (Wildman–Crippen MR) is 58.1 cm³/mol. The average molecular weight is 199 g/mol. The zero-order chi connectivity index (χ0) is 10.3. The lowest BCUT2D eigenvalue weighted by Crippen LogP contribution is -1.80. The van der Waals surface area contributed by atoms with Crippen LogP contribution in [0.25, 0.3) is 0 Å². The minimum absolute atomic E-state index is 0.682. The normalized spacial score (nSPS) is 11.5. The largest absolute Gasteiger partial charge is 0.463 e. The van der Waals surface area contributed by atoms with Gasteiger partial charge in [0.2, 0.25) is 0 Å². The van der Waals surface area contributed by atoms with Crippen LogP contribution in [0, 0.1) is 0 Å².